The van der Waals surface area contributed by atoms with Crippen LogP contribution < -0.4 is 5.32 Å². The Kier molecular flexibility index (Phi) is 4.11. The zero-order valence-corrected chi connectivity index (χ0v) is 12.4. The molecule has 1 N–H and O–H groups in total. The molecule has 2 aliphatic rings. The third-order valence-electron chi connectivity index (χ3n) is 4.14. The number of nitrogens with zero attached hydrogens (tertiary/aromatic N) is 1. The van der Waals surface area contributed by atoms with Gasteiger partial charge in [0, 0.05) is 29.4 Å². The highest BCUT2D eigenvalue weighted by Gasteiger charge is 2.52. The van der Waals surface area contributed by atoms with Crippen molar-refractivity contribution < 1.29 is 9.00 Å². The Morgan fingerprint density at radius 2 is 2.06 bits per heavy atom. The van der Waals surface area contributed by atoms with Crippen molar-refractivity contribution in [2.24, 2.45) is 5.92 Å². The Morgan fingerprint density at radius 3 is 2.56 bits per heavy atom. The summed E-state index contributed by atoms with van der Waals surface area (Å²) < 4.78 is 11.2. The molecule has 1 saturated heterocycles. The van der Waals surface area contributed by atoms with Crippen LogP contribution in [0.25, 0.3) is 0 Å². The van der Waals surface area contributed by atoms with Crippen LogP contribution in [0, 0.1) is 5.92 Å². The summed E-state index contributed by atoms with van der Waals surface area (Å²) in [7, 11) is -0.839. The average Bonchev–Trinajstić information content (AvgIpc) is 2.86. The molecule has 0 aromatic carbocycles. The van der Waals surface area contributed by atoms with E-state index in [4.69, 9.17) is 0 Å². The molecule has 2 unspecified atom stereocenters. The van der Waals surface area contributed by atoms with E-state index < -0.39 is 10.8 Å². The van der Waals surface area contributed by atoms with Gasteiger partial charge in [0.05, 0.1) is 11.7 Å². The Balaban J connectivity index is 2.14. The van der Waals surface area contributed by atoms with Gasteiger partial charge in [-0.05, 0) is 18.8 Å². The number of hydrogen-bond acceptors (Lipinski definition) is 3. The molecule has 2 rings (SSSR count). The first-order valence-corrected chi connectivity index (χ1v) is 8.58. The monoisotopic (exact) mass is 272 g/mol. The highest BCUT2D eigenvalue weighted by Crippen LogP contribution is 2.37. The molecule has 1 spiro atoms. The van der Waals surface area contributed by atoms with E-state index in [0.29, 0.717) is 18.2 Å². The predicted molar refractivity (Wildman–Crippen MR) is 73.6 cm³/mol. The summed E-state index contributed by atoms with van der Waals surface area (Å²) in [4.78, 5) is 14.5. The van der Waals surface area contributed by atoms with Crippen LogP contribution in [0.2, 0.25) is 0 Å². The van der Waals surface area contributed by atoms with Gasteiger partial charge in [-0.15, -0.1) is 0 Å². The minimum atomic E-state index is -0.839. The fourth-order valence-corrected chi connectivity index (χ4v) is 3.61. The Morgan fingerprint density at radius 1 is 1.44 bits per heavy atom. The number of nitrogens with one attached hydrogen (secondary N) is 1. The summed E-state index contributed by atoms with van der Waals surface area (Å²) in [6.07, 6.45) is 6.00. The molecule has 0 aromatic heterocycles. The van der Waals surface area contributed by atoms with Crippen molar-refractivity contribution in [3.05, 3.63) is 0 Å². The van der Waals surface area contributed by atoms with E-state index >= 15 is 0 Å². The van der Waals surface area contributed by atoms with E-state index in [-0.39, 0.29) is 17.6 Å². The molecule has 2 atom stereocenters. The Hall–Kier alpha value is -0.420. The molecule has 1 aliphatic heterocycles. The Bertz CT molecular complexity index is 351. The summed E-state index contributed by atoms with van der Waals surface area (Å²) in [5.74, 6) is 1.20. The van der Waals surface area contributed by atoms with Gasteiger partial charge in [-0.2, -0.15) is 0 Å². The first-order chi connectivity index (χ1) is 8.46. The van der Waals surface area contributed by atoms with Crippen molar-refractivity contribution in [2.75, 3.05) is 18.6 Å². The molecule has 4 nitrogen and oxygen atoms in total. The van der Waals surface area contributed by atoms with Gasteiger partial charge in [-0.3, -0.25) is 14.3 Å². The van der Waals surface area contributed by atoms with Gasteiger partial charge < -0.3 is 4.90 Å². The third-order valence-corrected chi connectivity index (χ3v) is 4.90. The molecule has 1 amide bonds. The lowest BCUT2D eigenvalue weighted by molar-refractivity contribution is -0.133. The van der Waals surface area contributed by atoms with E-state index in [2.05, 4.69) is 19.2 Å². The highest BCUT2D eigenvalue weighted by molar-refractivity contribution is 7.84. The van der Waals surface area contributed by atoms with Crippen LogP contribution in [0.3, 0.4) is 0 Å². The normalized spacial score (nSPS) is 28.6. The summed E-state index contributed by atoms with van der Waals surface area (Å²) in [6, 6.07) is 0. The lowest BCUT2D eigenvalue weighted by Crippen LogP contribution is -2.45. The van der Waals surface area contributed by atoms with E-state index in [9.17, 15) is 9.00 Å². The topological polar surface area (TPSA) is 49.4 Å². The zero-order chi connectivity index (χ0) is 13.3. The quantitative estimate of drug-likeness (QED) is 0.833. The van der Waals surface area contributed by atoms with Crippen molar-refractivity contribution in [3.63, 3.8) is 0 Å². The predicted octanol–water partition coefficient (Wildman–Crippen LogP) is 1.09. The van der Waals surface area contributed by atoms with Gasteiger partial charge in [0.2, 0.25) is 5.91 Å². The summed E-state index contributed by atoms with van der Waals surface area (Å²) in [6.45, 7) is 4.88. The number of carbonyl (C=O) groups excluding carboxylic acids is 1. The smallest absolute Gasteiger partial charge is 0.244 e. The van der Waals surface area contributed by atoms with Crippen molar-refractivity contribution in [2.45, 2.75) is 51.2 Å². The maximum atomic E-state index is 12.6. The van der Waals surface area contributed by atoms with E-state index in [1.807, 2.05) is 4.90 Å². The lowest BCUT2D eigenvalue weighted by atomic mass is 9.98. The summed E-state index contributed by atoms with van der Waals surface area (Å²) in [5.41, 5.74) is -0.301. The largest absolute Gasteiger partial charge is 0.324 e. The van der Waals surface area contributed by atoms with Gasteiger partial charge in [0.1, 0.15) is 0 Å². The minimum Gasteiger partial charge on any atom is -0.324 e. The van der Waals surface area contributed by atoms with Crippen LogP contribution >= 0.6 is 0 Å². The lowest BCUT2D eigenvalue weighted by Gasteiger charge is -2.26. The fraction of sp³-hybridized carbons (Fsp3) is 0.923. The van der Waals surface area contributed by atoms with Gasteiger partial charge in [-0.25, -0.2) is 0 Å². The molecule has 104 valence electrons. The van der Waals surface area contributed by atoms with Crippen LogP contribution in [0.15, 0.2) is 0 Å². The highest BCUT2D eigenvalue weighted by atomic mass is 32.2. The second-order valence-electron chi connectivity index (χ2n) is 5.90. The second-order valence-corrected chi connectivity index (χ2v) is 7.45. The number of rotatable bonds is 4. The van der Waals surface area contributed by atoms with E-state index in [1.165, 1.54) is 0 Å². The molecule has 0 aromatic rings. The van der Waals surface area contributed by atoms with Crippen LogP contribution in [-0.4, -0.2) is 45.3 Å². The Labute approximate surface area is 112 Å². The molecule has 1 heterocycles. The van der Waals surface area contributed by atoms with Crippen molar-refractivity contribution in [3.8, 4) is 0 Å². The van der Waals surface area contributed by atoms with E-state index in [0.717, 1.165) is 25.7 Å². The average molecular weight is 272 g/mol. The number of carbonyl (C=O) groups is 1. The molecule has 18 heavy (non-hydrogen) atoms. The second kappa shape index (κ2) is 5.29. The van der Waals surface area contributed by atoms with Crippen molar-refractivity contribution in [1.29, 1.82) is 0 Å². The molecule has 1 aliphatic carbocycles. The maximum absolute atomic E-state index is 12.6. The van der Waals surface area contributed by atoms with Crippen LogP contribution in [-0.2, 0) is 15.6 Å². The molecule has 5 heteroatoms. The van der Waals surface area contributed by atoms with Crippen molar-refractivity contribution in [1.82, 2.24) is 10.2 Å². The van der Waals surface area contributed by atoms with Gasteiger partial charge in [0.15, 0.2) is 0 Å². The molecule has 0 bridgehead atoms. The molecule has 2 fully saturated rings. The fourth-order valence-electron chi connectivity index (χ4n) is 3.15. The standard InChI is InChI=1S/C13H24N2O2S/c1-10(2)11-14-13(6-4-5-7-13)12(16)15(11)8-9-18(3)17/h10-11,14H,4-9H2,1-3H3. The first-order valence-electron chi connectivity index (χ1n) is 6.85. The summed E-state index contributed by atoms with van der Waals surface area (Å²) >= 11 is 0. The summed E-state index contributed by atoms with van der Waals surface area (Å²) in [5, 5.41) is 3.57. The minimum absolute atomic E-state index is 0.110. The zero-order valence-electron chi connectivity index (χ0n) is 11.6. The van der Waals surface area contributed by atoms with Gasteiger partial charge in [0.25, 0.3) is 0 Å². The van der Waals surface area contributed by atoms with Gasteiger partial charge in [-0.1, -0.05) is 26.7 Å². The third kappa shape index (κ3) is 2.48. The molecule has 0 radical (unpaired) electrons. The SMILES string of the molecule is CC(C)C1NC2(CCCC2)C(=O)N1CCS(C)=O. The maximum Gasteiger partial charge on any atom is 0.244 e. The van der Waals surface area contributed by atoms with Crippen LogP contribution in [0.5, 0.6) is 0 Å². The molecular weight excluding hydrogens is 248 g/mol. The van der Waals surface area contributed by atoms with Crippen LogP contribution in [0.1, 0.15) is 39.5 Å². The molecule has 1 saturated carbocycles. The molecular formula is C13H24N2O2S. The van der Waals surface area contributed by atoms with Crippen molar-refractivity contribution >= 4 is 16.7 Å². The first kappa shape index (κ1) is 14.0. The number of hydrogen-bond donors (Lipinski definition) is 1. The van der Waals surface area contributed by atoms with Crippen LogP contribution in [0.4, 0.5) is 0 Å². The van der Waals surface area contributed by atoms with Gasteiger partial charge >= 0.3 is 0 Å². The number of amides is 1. The van der Waals surface area contributed by atoms with E-state index in [1.54, 1.807) is 6.26 Å².